The van der Waals surface area contributed by atoms with Crippen LogP contribution >= 0.6 is 0 Å². The van der Waals surface area contributed by atoms with E-state index in [2.05, 4.69) is 4.99 Å². The minimum Gasteiger partial charge on any atom is -0.507 e. The van der Waals surface area contributed by atoms with Crippen LogP contribution in [0.1, 0.15) is 26.3 Å². The first-order valence-electron chi connectivity index (χ1n) is 10.0. The summed E-state index contributed by atoms with van der Waals surface area (Å²) in [6.07, 6.45) is 1.20. The first kappa shape index (κ1) is 22.7. The number of carboxylic acids is 1. The number of phenols is 1. The molecule has 164 valence electrons. The van der Waals surface area contributed by atoms with Crippen LogP contribution in [0.2, 0.25) is 0 Å². The number of phenolic OH excluding ortho intramolecular Hbond substituents is 1. The normalized spacial score (nSPS) is 12.6. The van der Waals surface area contributed by atoms with Gasteiger partial charge in [-0.3, -0.25) is 15.1 Å². The van der Waals surface area contributed by atoms with Crippen LogP contribution in [0.5, 0.6) is 5.75 Å². The van der Waals surface area contributed by atoms with Crippen molar-refractivity contribution in [2.24, 2.45) is 10.4 Å². The highest BCUT2D eigenvalue weighted by molar-refractivity contribution is 5.94. The lowest BCUT2D eigenvalue weighted by molar-refractivity contribution is -0.384. The highest BCUT2D eigenvalue weighted by atomic mass is 16.6. The van der Waals surface area contributed by atoms with Gasteiger partial charge >= 0.3 is 5.97 Å². The third kappa shape index (κ3) is 4.83. The van der Waals surface area contributed by atoms with Crippen LogP contribution in [0.4, 0.5) is 5.69 Å². The van der Waals surface area contributed by atoms with Crippen LogP contribution in [-0.2, 0) is 4.79 Å². The lowest BCUT2D eigenvalue weighted by Crippen LogP contribution is -2.32. The van der Waals surface area contributed by atoms with Crippen LogP contribution in [0.25, 0.3) is 22.3 Å². The number of aliphatic carboxylic acids is 1. The summed E-state index contributed by atoms with van der Waals surface area (Å²) in [6, 6.07) is 18.2. The molecule has 0 aromatic heterocycles. The molecular weight excluding hydrogens is 408 g/mol. The topological polar surface area (TPSA) is 113 Å². The Morgan fingerprint density at radius 3 is 2.16 bits per heavy atom. The molecule has 0 amide bonds. The fraction of sp³-hybridized carbons (Fsp3) is 0.200. The second-order valence-electron chi connectivity index (χ2n) is 8.48. The van der Waals surface area contributed by atoms with Crippen molar-refractivity contribution >= 4 is 17.9 Å². The van der Waals surface area contributed by atoms with Crippen LogP contribution in [-0.4, -0.2) is 33.4 Å². The van der Waals surface area contributed by atoms with E-state index in [1.165, 1.54) is 18.3 Å². The number of aromatic hydroxyl groups is 1. The molecule has 0 saturated carbocycles. The maximum absolute atomic E-state index is 11.6. The summed E-state index contributed by atoms with van der Waals surface area (Å²) < 4.78 is 0. The van der Waals surface area contributed by atoms with Gasteiger partial charge in [-0.1, -0.05) is 75.4 Å². The van der Waals surface area contributed by atoms with Gasteiger partial charge in [-0.2, -0.15) is 0 Å². The Morgan fingerprint density at radius 1 is 1.00 bits per heavy atom. The van der Waals surface area contributed by atoms with Crippen LogP contribution < -0.4 is 0 Å². The summed E-state index contributed by atoms with van der Waals surface area (Å²) in [6.45, 7) is 5.20. The Balaban J connectivity index is 2.20. The van der Waals surface area contributed by atoms with Gasteiger partial charge in [0, 0.05) is 29.5 Å². The lowest BCUT2D eigenvalue weighted by atomic mass is 9.87. The lowest BCUT2D eigenvalue weighted by Gasteiger charge is -2.23. The third-order valence-corrected chi connectivity index (χ3v) is 5.05. The van der Waals surface area contributed by atoms with Crippen molar-refractivity contribution in [3.63, 3.8) is 0 Å². The molecule has 0 heterocycles. The van der Waals surface area contributed by atoms with Gasteiger partial charge in [-0.25, -0.2) is 4.79 Å². The minimum absolute atomic E-state index is 0.0764. The Labute approximate surface area is 185 Å². The molecule has 1 atom stereocenters. The number of hydrogen-bond donors (Lipinski definition) is 2. The smallest absolute Gasteiger partial charge is 0.328 e. The number of nitro benzene ring substituents is 1. The maximum Gasteiger partial charge on any atom is 0.328 e. The molecule has 0 aliphatic heterocycles. The van der Waals surface area contributed by atoms with Crippen molar-refractivity contribution in [3.05, 3.63) is 82.4 Å². The molecule has 3 rings (SSSR count). The monoisotopic (exact) mass is 432 g/mol. The SMILES string of the molecule is CC(C)(C)[C@H](N=Cc1cc([N+](=O)[O-])cc(-c2ccccc2-c2ccccc2)c1O)C(=O)O. The van der Waals surface area contributed by atoms with Crippen LogP contribution in [0.15, 0.2) is 71.7 Å². The molecule has 0 aliphatic rings. The molecule has 0 fully saturated rings. The molecule has 2 N–H and O–H groups in total. The van der Waals surface area contributed by atoms with Crippen molar-refractivity contribution in [3.8, 4) is 28.0 Å². The number of hydrogen-bond acceptors (Lipinski definition) is 5. The number of rotatable bonds is 6. The summed E-state index contributed by atoms with van der Waals surface area (Å²) in [5, 5.41) is 32.1. The van der Waals surface area contributed by atoms with Gasteiger partial charge in [0.05, 0.1) is 4.92 Å². The quantitative estimate of drug-likeness (QED) is 0.301. The number of non-ortho nitro benzene ring substituents is 1. The fourth-order valence-electron chi connectivity index (χ4n) is 3.45. The van der Waals surface area contributed by atoms with Crippen LogP contribution in [0.3, 0.4) is 0 Å². The first-order valence-corrected chi connectivity index (χ1v) is 10.0. The van der Waals surface area contributed by atoms with E-state index in [-0.39, 0.29) is 22.6 Å². The molecule has 0 spiro atoms. The van der Waals surface area contributed by atoms with Crippen molar-refractivity contribution in [1.82, 2.24) is 0 Å². The van der Waals surface area contributed by atoms with E-state index in [9.17, 15) is 25.1 Å². The van der Waals surface area contributed by atoms with Gasteiger partial charge in [0.15, 0.2) is 6.04 Å². The van der Waals surface area contributed by atoms with E-state index in [4.69, 9.17) is 0 Å². The van der Waals surface area contributed by atoms with Crippen molar-refractivity contribution in [1.29, 1.82) is 0 Å². The minimum atomic E-state index is -1.12. The predicted molar refractivity (Wildman–Crippen MR) is 124 cm³/mol. The molecular formula is C25H24N2O5. The summed E-state index contributed by atoms with van der Waals surface area (Å²) >= 11 is 0. The van der Waals surface area contributed by atoms with E-state index in [0.717, 1.165) is 11.1 Å². The zero-order valence-electron chi connectivity index (χ0n) is 18.0. The molecule has 7 heteroatoms. The molecule has 3 aromatic rings. The largest absolute Gasteiger partial charge is 0.507 e. The molecule has 32 heavy (non-hydrogen) atoms. The van der Waals surface area contributed by atoms with E-state index in [1.807, 2.05) is 42.5 Å². The van der Waals surface area contributed by atoms with E-state index in [0.29, 0.717) is 5.56 Å². The van der Waals surface area contributed by atoms with Gasteiger partial charge in [0.2, 0.25) is 0 Å². The number of aliphatic imine (C=N–C) groups is 1. The second kappa shape index (κ2) is 9.01. The standard InChI is InChI=1S/C25H24N2O5/c1-25(2,3)23(24(29)30)26-15-17-13-18(27(31)32)14-21(22(17)28)20-12-8-7-11-19(20)16-9-5-4-6-10-16/h4-15,23,28H,1-3H3,(H,29,30)/t23-/m1/s1. The van der Waals surface area contributed by atoms with Crippen molar-refractivity contribution in [2.75, 3.05) is 0 Å². The van der Waals surface area contributed by atoms with Gasteiger partial charge in [-0.15, -0.1) is 0 Å². The Kier molecular flexibility index (Phi) is 6.39. The molecule has 0 saturated heterocycles. The number of nitrogens with zero attached hydrogens (tertiary/aromatic N) is 2. The fourth-order valence-corrected chi connectivity index (χ4v) is 3.45. The summed E-state index contributed by atoms with van der Waals surface area (Å²) in [5.41, 5.74) is 1.73. The molecule has 0 bridgehead atoms. The first-order chi connectivity index (χ1) is 15.1. The number of benzene rings is 3. The third-order valence-electron chi connectivity index (χ3n) is 5.05. The van der Waals surface area contributed by atoms with E-state index >= 15 is 0 Å². The average Bonchev–Trinajstić information content (AvgIpc) is 2.74. The molecule has 0 unspecified atom stereocenters. The van der Waals surface area contributed by atoms with Crippen molar-refractivity contribution in [2.45, 2.75) is 26.8 Å². The molecule has 0 aliphatic carbocycles. The summed E-state index contributed by atoms with van der Waals surface area (Å²) in [4.78, 5) is 26.8. The number of carboxylic acid groups (broad SMARTS) is 1. The van der Waals surface area contributed by atoms with Crippen molar-refractivity contribution < 1.29 is 19.9 Å². The second-order valence-corrected chi connectivity index (χ2v) is 8.48. The predicted octanol–water partition coefficient (Wildman–Crippen LogP) is 5.55. The number of carbonyl (C=O) groups is 1. The Bertz CT molecular complexity index is 1180. The van der Waals surface area contributed by atoms with Gasteiger partial charge in [0.1, 0.15) is 5.75 Å². The molecule has 3 aromatic carbocycles. The van der Waals surface area contributed by atoms with Gasteiger partial charge in [-0.05, 0) is 22.1 Å². The van der Waals surface area contributed by atoms with Gasteiger partial charge in [0.25, 0.3) is 5.69 Å². The zero-order chi connectivity index (χ0) is 23.5. The zero-order valence-corrected chi connectivity index (χ0v) is 18.0. The summed E-state index contributed by atoms with van der Waals surface area (Å²) in [5.74, 6) is -1.32. The maximum atomic E-state index is 11.6. The Morgan fingerprint density at radius 2 is 1.59 bits per heavy atom. The highest BCUT2D eigenvalue weighted by Crippen LogP contribution is 2.40. The van der Waals surface area contributed by atoms with Gasteiger partial charge < -0.3 is 10.2 Å². The molecule has 0 radical (unpaired) electrons. The Hall–Kier alpha value is -4.00. The van der Waals surface area contributed by atoms with E-state index < -0.39 is 22.3 Å². The van der Waals surface area contributed by atoms with Crippen LogP contribution in [0, 0.1) is 15.5 Å². The highest BCUT2D eigenvalue weighted by Gasteiger charge is 2.30. The average molecular weight is 432 g/mol. The summed E-state index contributed by atoms with van der Waals surface area (Å²) in [7, 11) is 0. The number of nitro groups is 1. The van der Waals surface area contributed by atoms with E-state index in [1.54, 1.807) is 32.9 Å². The molecule has 7 nitrogen and oxygen atoms in total.